The first-order valence-electron chi connectivity index (χ1n) is 5.43. The molecular formula is C12H20N2O. The third-order valence-corrected chi connectivity index (χ3v) is 2.18. The van der Waals surface area contributed by atoms with Crippen LogP contribution >= 0.6 is 0 Å². The highest BCUT2D eigenvalue weighted by molar-refractivity contribution is 5.28. The smallest absolute Gasteiger partial charge is 0.119 e. The van der Waals surface area contributed by atoms with Crippen LogP contribution in [0.25, 0.3) is 0 Å². The van der Waals surface area contributed by atoms with E-state index in [-0.39, 0.29) is 0 Å². The molecule has 84 valence electrons. The van der Waals surface area contributed by atoms with E-state index >= 15 is 0 Å². The first kappa shape index (κ1) is 12.0. The molecule has 15 heavy (non-hydrogen) atoms. The SMILES string of the molecule is CNCCCc1cccc(OCCN)c1. The molecule has 3 N–H and O–H groups in total. The summed E-state index contributed by atoms with van der Waals surface area (Å²) in [4.78, 5) is 0. The van der Waals surface area contributed by atoms with Crippen LogP contribution in [0.5, 0.6) is 5.75 Å². The second-order valence-electron chi connectivity index (χ2n) is 3.49. The van der Waals surface area contributed by atoms with Crippen LogP contribution < -0.4 is 15.8 Å². The molecule has 0 aliphatic rings. The van der Waals surface area contributed by atoms with Crippen LogP contribution in [0.15, 0.2) is 24.3 Å². The van der Waals surface area contributed by atoms with Gasteiger partial charge in [0.2, 0.25) is 0 Å². The molecular weight excluding hydrogens is 188 g/mol. The van der Waals surface area contributed by atoms with Crippen LogP contribution in [0.2, 0.25) is 0 Å². The molecule has 0 amide bonds. The second kappa shape index (κ2) is 7.26. The maximum atomic E-state index is 5.46. The summed E-state index contributed by atoms with van der Waals surface area (Å²) in [7, 11) is 1.97. The normalized spacial score (nSPS) is 10.3. The fourth-order valence-electron chi connectivity index (χ4n) is 1.44. The fourth-order valence-corrected chi connectivity index (χ4v) is 1.44. The highest BCUT2D eigenvalue weighted by atomic mass is 16.5. The molecule has 1 aromatic carbocycles. The number of ether oxygens (including phenoxy) is 1. The summed E-state index contributed by atoms with van der Waals surface area (Å²) in [6, 6.07) is 8.22. The van der Waals surface area contributed by atoms with Gasteiger partial charge in [-0.05, 0) is 44.1 Å². The summed E-state index contributed by atoms with van der Waals surface area (Å²) < 4.78 is 5.46. The molecule has 0 heterocycles. The average molecular weight is 208 g/mol. The lowest BCUT2D eigenvalue weighted by Crippen LogP contribution is -2.11. The topological polar surface area (TPSA) is 47.3 Å². The summed E-state index contributed by atoms with van der Waals surface area (Å²) in [5, 5.41) is 3.14. The van der Waals surface area contributed by atoms with Gasteiger partial charge in [-0.15, -0.1) is 0 Å². The van der Waals surface area contributed by atoms with Crippen molar-refractivity contribution in [2.75, 3.05) is 26.7 Å². The molecule has 0 radical (unpaired) electrons. The van der Waals surface area contributed by atoms with Crippen LogP contribution in [0.3, 0.4) is 0 Å². The molecule has 0 unspecified atom stereocenters. The van der Waals surface area contributed by atoms with E-state index in [1.165, 1.54) is 5.56 Å². The van der Waals surface area contributed by atoms with E-state index in [0.29, 0.717) is 13.2 Å². The standard InChI is InChI=1S/C12H20N2O/c1-14-8-3-5-11-4-2-6-12(10-11)15-9-7-13/h2,4,6,10,14H,3,5,7-9,13H2,1H3. The first-order valence-corrected chi connectivity index (χ1v) is 5.43. The Kier molecular flexibility index (Phi) is 5.81. The molecule has 1 rings (SSSR count). The molecule has 0 aliphatic heterocycles. The van der Waals surface area contributed by atoms with Crippen LogP contribution in [0.4, 0.5) is 0 Å². The average Bonchev–Trinajstić information content (AvgIpc) is 2.27. The Bertz CT molecular complexity index is 276. The Balaban J connectivity index is 2.42. The molecule has 0 spiro atoms. The van der Waals surface area contributed by atoms with Gasteiger partial charge in [0.05, 0.1) is 0 Å². The maximum Gasteiger partial charge on any atom is 0.119 e. The van der Waals surface area contributed by atoms with E-state index in [0.717, 1.165) is 25.1 Å². The highest BCUT2D eigenvalue weighted by Crippen LogP contribution is 2.14. The van der Waals surface area contributed by atoms with Crippen molar-refractivity contribution in [1.29, 1.82) is 0 Å². The van der Waals surface area contributed by atoms with Gasteiger partial charge in [0.15, 0.2) is 0 Å². The molecule has 0 atom stereocenters. The van der Waals surface area contributed by atoms with Crippen molar-refractivity contribution < 1.29 is 4.74 Å². The first-order chi connectivity index (χ1) is 7.36. The summed E-state index contributed by atoms with van der Waals surface area (Å²) in [6.45, 7) is 2.19. The van der Waals surface area contributed by atoms with Gasteiger partial charge in [-0.25, -0.2) is 0 Å². The molecule has 0 saturated heterocycles. The van der Waals surface area contributed by atoms with E-state index < -0.39 is 0 Å². The van der Waals surface area contributed by atoms with E-state index in [1.807, 2.05) is 19.2 Å². The minimum Gasteiger partial charge on any atom is -0.492 e. The minimum atomic E-state index is 0.560. The summed E-state index contributed by atoms with van der Waals surface area (Å²) >= 11 is 0. The lowest BCUT2D eigenvalue weighted by molar-refractivity contribution is 0.328. The molecule has 0 saturated carbocycles. The Morgan fingerprint density at radius 2 is 2.27 bits per heavy atom. The Labute approximate surface area is 91.6 Å². The van der Waals surface area contributed by atoms with Gasteiger partial charge < -0.3 is 15.8 Å². The zero-order chi connectivity index (χ0) is 10.9. The van der Waals surface area contributed by atoms with Crippen molar-refractivity contribution in [2.45, 2.75) is 12.8 Å². The van der Waals surface area contributed by atoms with E-state index in [4.69, 9.17) is 10.5 Å². The molecule has 0 fully saturated rings. The van der Waals surface area contributed by atoms with Crippen molar-refractivity contribution in [1.82, 2.24) is 5.32 Å². The van der Waals surface area contributed by atoms with Crippen LogP contribution in [-0.2, 0) is 6.42 Å². The number of hydrogen-bond acceptors (Lipinski definition) is 3. The van der Waals surface area contributed by atoms with Gasteiger partial charge in [-0.1, -0.05) is 12.1 Å². The monoisotopic (exact) mass is 208 g/mol. The minimum absolute atomic E-state index is 0.560. The van der Waals surface area contributed by atoms with Gasteiger partial charge in [0, 0.05) is 6.54 Å². The molecule has 0 aromatic heterocycles. The number of rotatable bonds is 7. The Morgan fingerprint density at radius 3 is 3.00 bits per heavy atom. The van der Waals surface area contributed by atoms with Gasteiger partial charge >= 0.3 is 0 Å². The molecule has 0 aliphatic carbocycles. The number of aryl methyl sites for hydroxylation is 1. The van der Waals surface area contributed by atoms with E-state index in [1.54, 1.807) is 0 Å². The van der Waals surface area contributed by atoms with Gasteiger partial charge in [-0.3, -0.25) is 0 Å². The number of benzene rings is 1. The lowest BCUT2D eigenvalue weighted by Gasteiger charge is -2.06. The summed E-state index contributed by atoms with van der Waals surface area (Å²) in [5.74, 6) is 0.919. The fraction of sp³-hybridized carbons (Fsp3) is 0.500. The zero-order valence-electron chi connectivity index (χ0n) is 9.33. The molecule has 3 nitrogen and oxygen atoms in total. The predicted molar refractivity (Wildman–Crippen MR) is 63.2 cm³/mol. The lowest BCUT2D eigenvalue weighted by atomic mass is 10.1. The quantitative estimate of drug-likeness (QED) is 0.661. The number of nitrogens with one attached hydrogen (secondary N) is 1. The van der Waals surface area contributed by atoms with Crippen molar-refractivity contribution in [3.63, 3.8) is 0 Å². The maximum absolute atomic E-state index is 5.46. The second-order valence-corrected chi connectivity index (χ2v) is 3.49. The molecule has 3 heteroatoms. The summed E-state index contributed by atoms with van der Waals surface area (Å²) in [5.41, 5.74) is 6.70. The third kappa shape index (κ3) is 4.81. The third-order valence-electron chi connectivity index (χ3n) is 2.18. The molecule has 0 bridgehead atoms. The van der Waals surface area contributed by atoms with Gasteiger partial charge in [0.25, 0.3) is 0 Å². The summed E-state index contributed by atoms with van der Waals surface area (Å²) in [6.07, 6.45) is 2.23. The highest BCUT2D eigenvalue weighted by Gasteiger charge is 1.96. The van der Waals surface area contributed by atoms with E-state index in [2.05, 4.69) is 17.4 Å². The van der Waals surface area contributed by atoms with Gasteiger partial charge in [-0.2, -0.15) is 0 Å². The van der Waals surface area contributed by atoms with Crippen LogP contribution in [-0.4, -0.2) is 26.7 Å². The zero-order valence-corrected chi connectivity index (χ0v) is 9.33. The van der Waals surface area contributed by atoms with Crippen LogP contribution in [0.1, 0.15) is 12.0 Å². The van der Waals surface area contributed by atoms with Crippen molar-refractivity contribution in [3.05, 3.63) is 29.8 Å². The van der Waals surface area contributed by atoms with Crippen molar-refractivity contribution in [3.8, 4) is 5.75 Å². The number of hydrogen-bond donors (Lipinski definition) is 2. The Morgan fingerprint density at radius 1 is 1.40 bits per heavy atom. The Hall–Kier alpha value is -1.06. The van der Waals surface area contributed by atoms with E-state index in [9.17, 15) is 0 Å². The van der Waals surface area contributed by atoms with Gasteiger partial charge in [0.1, 0.15) is 12.4 Å². The number of nitrogens with two attached hydrogens (primary N) is 1. The predicted octanol–water partition coefficient (Wildman–Crippen LogP) is 1.18. The van der Waals surface area contributed by atoms with Crippen LogP contribution in [0, 0.1) is 0 Å². The van der Waals surface area contributed by atoms with Crippen molar-refractivity contribution in [2.24, 2.45) is 5.73 Å². The molecule has 1 aromatic rings. The largest absolute Gasteiger partial charge is 0.492 e. The van der Waals surface area contributed by atoms with Crippen molar-refractivity contribution >= 4 is 0 Å².